The Balaban J connectivity index is 1.93. The van der Waals surface area contributed by atoms with E-state index in [1.807, 2.05) is 0 Å². The quantitative estimate of drug-likeness (QED) is 0.387. The van der Waals surface area contributed by atoms with Crippen LogP contribution in [-0.2, 0) is 9.84 Å². The van der Waals surface area contributed by atoms with Crippen LogP contribution in [0.25, 0.3) is 5.69 Å². The predicted octanol–water partition coefficient (Wildman–Crippen LogP) is 0.766. The van der Waals surface area contributed by atoms with Gasteiger partial charge in [-0.3, -0.25) is 10.1 Å². The van der Waals surface area contributed by atoms with Gasteiger partial charge in [0.2, 0.25) is 21.7 Å². The van der Waals surface area contributed by atoms with Crippen molar-refractivity contribution in [1.82, 2.24) is 5.27 Å². The van der Waals surface area contributed by atoms with E-state index in [9.17, 15) is 23.6 Å². The maximum atomic E-state index is 12.5. The molecular weight excluding hydrogens is 338 g/mol. The molecule has 24 heavy (non-hydrogen) atoms. The Bertz CT molecular complexity index is 994. The Labute approximate surface area is 135 Å². The molecule has 1 aromatic heterocycles. The highest BCUT2D eigenvalue weighted by Gasteiger charge is 2.20. The summed E-state index contributed by atoms with van der Waals surface area (Å²) in [5.74, 6) is -0.627. The number of nitro benzene ring substituents is 1. The van der Waals surface area contributed by atoms with Crippen LogP contribution in [0.1, 0.15) is 0 Å². The van der Waals surface area contributed by atoms with Crippen molar-refractivity contribution in [1.29, 1.82) is 0 Å². The molecule has 0 radical (unpaired) electrons. The molecule has 0 aliphatic rings. The fourth-order valence-corrected chi connectivity index (χ4v) is 3.27. The third-order valence-corrected chi connectivity index (χ3v) is 5.00. The summed E-state index contributed by atoms with van der Waals surface area (Å²) in [6, 6.07) is 10.2. The largest absolute Gasteiger partial charge is 0.539 e. The first kappa shape index (κ1) is 15.6. The zero-order valence-corrected chi connectivity index (χ0v) is 12.7. The van der Waals surface area contributed by atoms with Crippen LogP contribution in [0, 0.1) is 10.1 Å². The van der Waals surface area contributed by atoms with Crippen LogP contribution in [0.15, 0.2) is 69.0 Å². The average molecular weight is 347 g/mol. The van der Waals surface area contributed by atoms with Crippen molar-refractivity contribution >= 4 is 15.5 Å². The van der Waals surface area contributed by atoms with Gasteiger partial charge in [-0.15, -0.1) is 0 Å². The van der Waals surface area contributed by atoms with Gasteiger partial charge in [-0.25, -0.2) is 8.42 Å². The lowest BCUT2D eigenvalue weighted by Gasteiger charge is -2.04. The molecule has 3 rings (SSSR count). The van der Waals surface area contributed by atoms with Crippen LogP contribution < -0.4 is 9.79 Å². The van der Waals surface area contributed by atoms with Gasteiger partial charge >= 0.3 is 0 Å². The van der Waals surface area contributed by atoms with Crippen molar-refractivity contribution in [2.24, 2.45) is 0 Å². The van der Waals surface area contributed by atoms with Gasteiger partial charge in [0.05, 0.1) is 20.0 Å². The van der Waals surface area contributed by atoms with Crippen molar-refractivity contribution in [2.45, 2.75) is 9.79 Å². The van der Waals surface area contributed by atoms with Gasteiger partial charge in [-0.05, 0) is 28.9 Å². The maximum Gasteiger partial charge on any atom is 0.269 e. The van der Waals surface area contributed by atoms with Crippen molar-refractivity contribution in [3.8, 4) is 11.6 Å². The fourth-order valence-electron chi connectivity index (χ4n) is 2.01. The number of aromatic nitrogens is 2. The third kappa shape index (κ3) is 2.82. The van der Waals surface area contributed by atoms with Gasteiger partial charge in [-0.1, -0.05) is 0 Å². The molecular formula is C14H9N3O6S. The summed E-state index contributed by atoms with van der Waals surface area (Å²) in [6.45, 7) is 0. The first-order valence-corrected chi connectivity index (χ1v) is 8.02. The van der Waals surface area contributed by atoms with Gasteiger partial charge in [0.25, 0.3) is 5.69 Å². The number of hydrogen-bond acceptors (Lipinski definition) is 7. The summed E-state index contributed by atoms with van der Waals surface area (Å²) >= 11 is 0. The number of nitro groups is 1. The first-order valence-electron chi connectivity index (χ1n) is 6.53. The highest BCUT2D eigenvalue weighted by molar-refractivity contribution is 7.91. The molecule has 0 spiro atoms. The number of hydrogen-bond donors (Lipinski definition) is 0. The zero-order valence-electron chi connectivity index (χ0n) is 11.9. The first-order chi connectivity index (χ1) is 11.4. The smallest absolute Gasteiger partial charge is 0.269 e. The molecule has 0 saturated heterocycles. The van der Waals surface area contributed by atoms with Gasteiger partial charge in [0, 0.05) is 24.3 Å². The average Bonchev–Trinajstić information content (AvgIpc) is 3.01. The molecule has 0 N–H and O–H groups in total. The minimum absolute atomic E-state index is 0.00606. The molecule has 0 unspecified atom stereocenters. The monoisotopic (exact) mass is 347 g/mol. The van der Waals surface area contributed by atoms with E-state index in [1.54, 1.807) is 0 Å². The third-order valence-electron chi connectivity index (χ3n) is 3.22. The fraction of sp³-hybridized carbons (Fsp3) is 0. The second-order valence-corrected chi connectivity index (χ2v) is 6.66. The van der Waals surface area contributed by atoms with E-state index in [-0.39, 0.29) is 15.5 Å². The van der Waals surface area contributed by atoms with Crippen molar-refractivity contribution in [2.75, 3.05) is 0 Å². The minimum Gasteiger partial charge on any atom is -0.539 e. The molecule has 1 heterocycles. The minimum atomic E-state index is -3.81. The van der Waals surface area contributed by atoms with E-state index in [0.29, 0.717) is 5.69 Å². The van der Waals surface area contributed by atoms with E-state index in [4.69, 9.17) is 0 Å². The Morgan fingerprint density at radius 1 is 1.00 bits per heavy atom. The van der Waals surface area contributed by atoms with Gasteiger partial charge in [0.1, 0.15) is 5.95 Å². The van der Waals surface area contributed by atoms with Crippen LogP contribution in [0.2, 0.25) is 0 Å². The summed E-state index contributed by atoms with van der Waals surface area (Å²) in [6.07, 6.45) is 1.11. The van der Waals surface area contributed by atoms with Crippen LogP contribution in [-0.4, -0.2) is 18.6 Å². The number of nitrogens with zero attached hydrogens (tertiary/aromatic N) is 3. The highest BCUT2D eigenvalue weighted by atomic mass is 32.2. The van der Waals surface area contributed by atoms with Crippen LogP contribution >= 0.6 is 0 Å². The number of non-ortho nitro benzene ring substituents is 1. The molecule has 9 nitrogen and oxygen atoms in total. The van der Waals surface area contributed by atoms with E-state index in [1.165, 1.54) is 41.1 Å². The van der Waals surface area contributed by atoms with Crippen LogP contribution in [0.5, 0.6) is 5.95 Å². The molecule has 0 fully saturated rings. The lowest BCUT2D eigenvalue weighted by molar-refractivity contribution is -0.670. The second kappa shape index (κ2) is 5.74. The van der Waals surface area contributed by atoms with E-state index in [2.05, 4.69) is 9.79 Å². The SMILES string of the molecule is O=[N+]([O-])c1ccc(S(=O)(=O)c2ccc(-[n+]3cc([O-])on3)cc2)cc1. The molecule has 0 bridgehead atoms. The van der Waals surface area contributed by atoms with Crippen molar-refractivity contribution in [3.63, 3.8) is 0 Å². The molecule has 10 heteroatoms. The topological polar surface area (TPSA) is 130 Å². The summed E-state index contributed by atoms with van der Waals surface area (Å²) in [5.41, 5.74) is 0.253. The standard InChI is InChI=1S/C14H9N3O6S/c18-14-9-16(15-23-14)10-1-5-12(6-2-10)24(21,22)13-7-3-11(4-8-13)17(19)20/h1-9H. The lowest BCUT2D eigenvalue weighted by Crippen LogP contribution is -2.31. The summed E-state index contributed by atoms with van der Waals surface area (Å²) < 4.78 is 30.6. The zero-order chi connectivity index (χ0) is 17.3. The van der Waals surface area contributed by atoms with Crippen LogP contribution in [0.3, 0.4) is 0 Å². The normalized spacial score (nSPS) is 11.3. The molecule has 0 atom stereocenters. The predicted molar refractivity (Wildman–Crippen MR) is 76.0 cm³/mol. The van der Waals surface area contributed by atoms with Crippen molar-refractivity contribution < 1.29 is 27.7 Å². The molecule has 0 aliphatic heterocycles. The molecule has 2 aromatic carbocycles. The Morgan fingerprint density at radius 2 is 1.54 bits per heavy atom. The van der Waals surface area contributed by atoms with Crippen LogP contribution in [0.4, 0.5) is 5.69 Å². The van der Waals surface area contributed by atoms with Gasteiger partial charge < -0.3 is 9.63 Å². The maximum absolute atomic E-state index is 12.5. The lowest BCUT2D eigenvalue weighted by atomic mass is 10.3. The van der Waals surface area contributed by atoms with E-state index in [0.717, 1.165) is 18.3 Å². The molecule has 0 aliphatic carbocycles. The Kier molecular flexibility index (Phi) is 3.73. The molecule has 0 saturated carbocycles. The molecule has 3 aromatic rings. The number of sulfone groups is 1. The van der Waals surface area contributed by atoms with E-state index >= 15 is 0 Å². The second-order valence-electron chi connectivity index (χ2n) is 4.71. The molecule has 122 valence electrons. The van der Waals surface area contributed by atoms with Gasteiger partial charge in [0.15, 0.2) is 0 Å². The summed E-state index contributed by atoms with van der Waals surface area (Å²) in [4.78, 5) is 9.96. The van der Waals surface area contributed by atoms with Crippen molar-refractivity contribution in [3.05, 3.63) is 64.8 Å². The highest BCUT2D eigenvalue weighted by Crippen LogP contribution is 2.23. The Hall–Kier alpha value is -3.27. The number of benzene rings is 2. The molecule has 0 amide bonds. The summed E-state index contributed by atoms with van der Waals surface area (Å²) in [7, 11) is -3.81. The summed E-state index contributed by atoms with van der Waals surface area (Å²) in [5, 5.41) is 25.1. The van der Waals surface area contributed by atoms with Gasteiger partial charge in [-0.2, -0.15) is 0 Å². The number of rotatable bonds is 4. The Morgan fingerprint density at radius 3 is 2.00 bits per heavy atom. The van der Waals surface area contributed by atoms with E-state index < -0.39 is 20.7 Å².